The molecule has 0 saturated heterocycles. The topological polar surface area (TPSA) is 52.3 Å². The van der Waals surface area contributed by atoms with Crippen LogP contribution in [0.5, 0.6) is 0 Å². The molecule has 0 saturated carbocycles. The van der Waals surface area contributed by atoms with Crippen LogP contribution in [-0.4, -0.2) is 13.1 Å². The molecule has 0 fully saturated rings. The fourth-order valence-corrected chi connectivity index (χ4v) is 1.40. The van der Waals surface area contributed by atoms with Crippen molar-refractivity contribution < 1.29 is 9.53 Å². The molecule has 0 radical (unpaired) electrons. The van der Waals surface area contributed by atoms with Gasteiger partial charge in [0.05, 0.1) is 7.11 Å². The number of hydrogen-bond donors (Lipinski definition) is 1. The van der Waals surface area contributed by atoms with E-state index < -0.39 is 4.83 Å². The van der Waals surface area contributed by atoms with Crippen molar-refractivity contribution in [2.24, 2.45) is 0 Å². The lowest BCUT2D eigenvalue weighted by Gasteiger charge is -2.07. The van der Waals surface area contributed by atoms with Crippen LogP contribution in [0.2, 0.25) is 0 Å². The molecule has 1 rings (SSSR count). The number of carbonyl (C=O) groups excluding carboxylic acids is 1. The number of methoxy groups -OCH3 is 1. The van der Waals surface area contributed by atoms with Gasteiger partial charge in [-0.3, -0.25) is 4.79 Å². The van der Waals surface area contributed by atoms with Gasteiger partial charge in [0.15, 0.2) is 0 Å². The van der Waals surface area contributed by atoms with E-state index in [1.54, 1.807) is 24.3 Å². The van der Waals surface area contributed by atoms with Crippen molar-refractivity contribution in [1.29, 1.82) is 0 Å². The van der Waals surface area contributed by atoms with Crippen LogP contribution in [0.25, 0.3) is 0 Å². The van der Waals surface area contributed by atoms with E-state index in [1.165, 1.54) is 7.11 Å². The van der Waals surface area contributed by atoms with E-state index in [9.17, 15) is 4.79 Å². The number of ether oxygens (including phenoxy) is 1. The van der Waals surface area contributed by atoms with Gasteiger partial charge in [-0.2, -0.15) is 0 Å². The largest absolute Gasteiger partial charge is 0.468 e. The van der Waals surface area contributed by atoms with Gasteiger partial charge in [0, 0.05) is 5.69 Å². The molecule has 0 aliphatic carbocycles. The molecule has 0 aromatic heterocycles. The van der Waals surface area contributed by atoms with Gasteiger partial charge in [-0.25, -0.2) is 0 Å². The van der Waals surface area contributed by atoms with E-state index in [0.717, 1.165) is 5.56 Å². The summed E-state index contributed by atoms with van der Waals surface area (Å²) in [6.07, 6.45) is 0. The van der Waals surface area contributed by atoms with Gasteiger partial charge < -0.3 is 10.5 Å². The van der Waals surface area contributed by atoms with Gasteiger partial charge in [0.25, 0.3) is 0 Å². The zero-order chi connectivity index (χ0) is 9.84. The van der Waals surface area contributed by atoms with Crippen LogP contribution in [-0.2, 0) is 9.53 Å². The number of alkyl halides is 1. The lowest BCUT2D eigenvalue weighted by molar-refractivity contribution is -0.139. The number of hydrogen-bond acceptors (Lipinski definition) is 3. The number of halogens is 1. The Kier molecular flexibility index (Phi) is 3.31. The highest BCUT2D eigenvalue weighted by Crippen LogP contribution is 2.24. The normalized spacial score (nSPS) is 12.2. The molecular weight excluding hydrogens is 234 g/mol. The van der Waals surface area contributed by atoms with Gasteiger partial charge in [-0.1, -0.05) is 28.1 Å². The Balaban J connectivity index is 2.83. The third kappa shape index (κ3) is 2.45. The fraction of sp³-hybridized carbons (Fsp3) is 0.222. The first-order valence-corrected chi connectivity index (χ1v) is 4.64. The smallest absolute Gasteiger partial charge is 0.323 e. The van der Waals surface area contributed by atoms with Crippen molar-refractivity contribution in [3.8, 4) is 0 Å². The predicted molar refractivity (Wildman–Crippen MR) is 54.5 cm³/mol. The Hall–Kier alpha value is -1.03. The molecule has 0 spiro atoms. The van der Waals surface area contributed by atoms with E-state index in [1.807, 2.05) is 0 Å². The maximum atomic E-state index is 11.1. The molecule has 0 heterocycles. The number of benzene rings is 1. The van der Waals surface area contributed by atoms with Crippen molar-refractivity contribution in [1.82, 2.24) is 0 Å². The molecule has 13 heavy (non-hydrogen) atoms. The van der Waals surface area contributed by atoms with Crippen LogP contribution in [0.15, 0.2) is 24.3 Å². The van der Waals surface area contributed by atoms with Crippen LogP contribution in [0.3, 0.4) is 0 Å². The Labute approximate surface area is 85.0 Å². The first-order chi connectivity index (χ1) is 6.15. The number of esters is 1. The van der Waals surface area contributed by atoms with Gasteiger partial charge in [-0.15, -0.1) is 0 Å². The molecule has 1 aromatic carbocycles. The molecule has 1 unspecified atom stereocenters. The highest BCUT2D eigenvalue weighted by molar-refractivity contribution is 9.09. The Morgan fingerprint density at radius 3 is 2.46 bits per heavy atom. The van der Waals surface area contributed by atoms with Gasteiger partial charge in [0.1, 0.15) is 4.83 Å². The highest BCUT2D eigenvalue weighted by Gasteiger charge is 2.16. The summed E-state index contributed by atoms with van der Waals surface area (Å²) in [4.78, 5) is 10.7. The SMILES string of the molecule is COC(=O)C(Br)c1ccc(N)cc1. The number of anilines is 1. The minimum atomic E-state index is -0.418. The quantitative estimate of drug-likeness (QED) is 0.491. The van der Waals surface area contributed by atoms with Crippen LogP contribution in [0.1, 0.15) is 10.4 Å². The van der Waals surface area contributed by atoms with Crippen LogP contribution < -0.4 is 5.73 Å². The molecule has 4 heteroatoms. The van der Waals surface area contributed by atoms with Crippen LogP contribution in [0.4, 0.5) is 5.69 Å². The molecule has 1 aromatic rings. The Morgan fingerprint density at radius 1 is 1.46 bits per heavy atom. The first kappa shape index (κ1) is 10.1. The van der Waals surface area contributed by atoms with Crippen molar-refractivity contribution >= 4 is 27.6 Å². The van der Waals surface area contributed by atoms with E-state index in [2.05, 4.69) is 20.7 Å². The second-order valence-corrected chi connectivity index (χ2v) is 3.47. The standard InChI is InChI=1S/C9H10BrNO2/c1-13-9(12)8(10)6-2-4-7(11)5-3-6/h2-5,8H,11H2,1H3. The minimum Gasteiger partial charge on any atom is -0.468 e. The van der Waals surface area contributed by atoms with Gasteiger partial charge in [0.2, 0.25) is 0 Å². The third-order valence-electron chi connectivity index (χ3n) is 1.64. The number of rotatable bonds is 2. The molecular formula is C9H10BrNO2. The summed E-state index contributed by atoms with van der Waals surface area (Å²) in [5.74, 6) is -0.315. The minimum absolute atomic E-state index is 0.315. The van der Waals surface area contributed by atoms with E-state index in [0.29, 0.717) is 5.69 Å². The van der Waals surface area contributed by atoms with Crippen LogP contribution in [0, 0.1) is 0 Å². The molecule has 0 amide bonds. The maximum Gasteiger partial charge on any atom is 0.323 e. The van der Waals surface area contributed by atoms with Crippen LogP contribution >= 0.6 is 15.9 Å². The molecule has 1 atom stereocenters. The maximum absolute atomic E-state index is 11.1. The average molecular weight is 244 g/mol. The summed E-state index contributed by atoms with van der Waals surface area (Å²) < 4.78 is 4.58. The van der Waals surface area contributed by atoms with Crippen molar-refractivity contribution in [2.75, 3.05) is 12.8 Å². The zero-order valence-electron chi connectivity index (χ0n) is 7.16. The fourth-order valence-electron chi connectivity index (χ4n) is 0.905. The molecule has 0 aliphatic rings. The average Bonchev–Trinajstić information content (AvgIpc) is 2.17. The second-order valence-electron chi connectivity index (χ2n) is 2.55. The molecule has 70 valence electrons. The summed E-state index contributed by atoms with van der Waals surface area (Å²) in [7, 11) is 1.36. The lowest BCUT2D eigenvalue weighted by Crippen LogP contribution is -2.07. The van der Waals surface area contributed by atoms with Gasteiger partial charge >= 0.3 is 5.97 Å². The predicted octanol–water partition coefficient (Wildman–Crippen LogP) is 1.88. The summed E-state index contributed by atoms with van der Waals surface area (Å²) in [5, 5.41) is 0. The second kappa shape index (κ2) is 4.28. The summed E-state index contributed by atoms with van der Waals surface area (Å²) >= 11 is 3.22. The number of nitrogen functional groups attached to an aromatic ring is 1. The monoisotopic (exact) mass is 243 g/mol. The molecule has 0 aliphatic heterocycles. The van der Waals surface area contributed by atoms with E-state index in [-0.39, 0.29) is 5.97 Å². The lowest BCUT2D eigenvalue weighted by atomic mass is 10.1. The molecule has 3 nitrogen and oxygen atoms in total. The Bertz CT molecular complexity index is 297. The van der Waals surface area contributed by atoms with Crippen molar-refractivity contribution in [3.05, 3.63) is 29.8 Å². The van der Waals surface area contributed by atoms with Crippen molar-refractivity contribution in [2.45, 2.75) is 4.83 Å². The number of carbonyl (C=O) groups is 1. The molecule has 0 bridgehead atoms. The summed E-state index contributed by atoms with van der Waals surface area (Å²) in [5.41, 5.74) is 7.01. The zero-order valence-corrected chi connectivity index (χ0v) is 8.74. The van der Waals surface area contributed by atoms with E-state index >= 15 is 0 Å². The Morgan fingerprint density at radius 2 is 2.00 bits per heavy atom. The summed E-state index contributed by atoms with van der Waals surface area (Å²) in [6, 6.07) is 7.05. The van der Waals surface area contributed by atoms with Crippen molar-refractivity contribution in [3.63, 3.8) is 0 Å². The van der Waals surface area contributed by atoms with E-state index in [4.69, 9.17) is 5.73 Å². The first-order valence-electron chi connectivity index (χ1n) is 3.72. The summed E-state index contributed by atoms with van der Waals surface area (Å²) in [6.45, 7) is 0. The van der Waals surface area contributed by atoms with Gasteiger partial charge in [-0.05, 0) is 17.7 Å². The highest BCUT2D eigenvalue weighted by atomic mass is 79.9. The third-order valence-corrected chi connectivity index (χ3v) is 2.54. The molecule has 2 N–H and O–H groups in total. The number of nitrogens with two attached hydrogens (primary N) is 1.